The Kier molecular flexibility index (Phi) is 6.66. The summed E-state index contributed by atoms with van der Waals surface area (Å²) in [5.74, 6) is 2.29. The molecule has 0 radical (unpaired) electrons. The van der Waals surface area contributed by atoms with Crippen LogP contribution in [0.2, 0.25) is 0 Å². The molecule has 1 saturated heterocycles. The molecule has 156 valence electrons. The maximum atomic E-state index is 13.1. The molecule has 1 aliphatic heterocycles. The van der Waals surface area contributed by atoms with Gasteiger partial charge >= 0.3 is 0 Å². The summed E-state index contributed by atoms with van der Waals surface area (Å²) in [6, 6.07) is 21.1. The van der Waals surface area contributed by atoms with E-state index < -0.39 is 0 Å². The van der Waals surface area contributed by atoms with Crippen molar-refractivity contribution >= 4 is 23.4 Å². The summed E-state index contributed by atoms with van der Waals surface area (Å²) in [6.45, 7) is 3.16. The highest BCUT2D eigenvalue weighted by molar-refractivity contribution is 7.99. The number of thioether (sulfide) groups is 1. The lowest BCUT2D eigenvalue weighted by molar-refractivity contribution is 0.0993. The Morgan fingerprint density at radius 1 is 1.13 bits per heavy atom. The van der Waals surface area contributed by atoms with Crippen molar-refractivity contribution in [1.82, 2.24) is 9.88 Å². The molecule has 4 rings (SSSR count). The zero-order chi connectivity index (χ0) is 21.6. The lowest BCUT2D eigenvalue weighted by Crippen LogP contribution is -2.32. The molecule has 1 amide bonds. The fourth-order valence-corrected chi connectivity index (χ4v) is 4.63. The monoisotopic (exact) mass is 428 g/mol. The largest absolute Gasteiger partial charge is 0.311 e. The summed E-state index contributed by atoms with van der Waals surface area (Å²) >= 11 is 2.00. The van der Waals surface area contributed by atoms with Gasteiger partial charge in [0.1, 0.15) is 0 Å². The molecule has 2 heterocycles. The maximum absolute atomic E-state index is 13.1. The van der Waals surface area contributed by atoms with Crippen LogP contribution in [0.1, 0.15) is 21.5 Å². The third-order valence-electron chi connectivity index (χ3n) is 5.47. The van der Waals surface area contributed by atoms with Crippen molar-refractivity contribution in [3.05, 3.63) is 83.6 Å². The Morgan fingerprint density at radius 3 is 2.58 bits per heavy atom. The molecule has 2 aromatic carbocycles. The van der Waals surface area contributed by atoms with Gasteiger partial charge in [0.2, 0.25) is 0 Å². The predicted octanol–water partition coefficient (Wildman–Crippen LogP) is 4.45. The molecule has 0 saturated carbocycles. The lowest BCUT2D eigenvalue weighted by Gasteiger charge is -2.26. The predicted molar refractivity (Wildman–Crippen MR) is 126 cm³/mol. The molecule has 1 aliphatic rings. The van der Waals surface area contributed by atoms with Crippen LogP contribution in [-0.2, 0) is 6.54 Å². The first kappa shape index (κ1) is 21.1. The second kappa shape index (κ2) is 9.78. The zero-order valence-corrected chi connectivity index (χ0v) is 18.3. The van der Waals surface area contributed by atoms with Crippen molar-refractivity contribution in [1.29, 1.82) is 5.26 Å². The standard InChI is InChI=1S/C25H24N4OS/c1-28(22-10-9-21(17-26)23(16-22)24-4-2-3-11-27-24)25(30)20-7-5-19(6-8-20)18-29-12-14-31-15-13-29/h2-11,16H,12-15,18H2,1H3. The zero-order valence-electron chi connectivity index (χ0n) is 17.5. The Hall–Kier alpha value is -3.14. The summed E-state index contributed by atoms with van der Waals surface area (Å²) in [4.78, 5) is 21.5. The first-order valence-corrected chi connectivity index (χ1v) is 11.4. The molecule has 0 bridgehead atoms. The molecular formula is C25H24N4OS. The normalized spacial score (nSPS) is 14.1. The van der Waals surface area contributed by atoms with E-state index in [0.717, 1.165) is 30.9 Å². The first-order chi connectivity index (χ1) is 15.2. The summed E-state index contributed by atoms with van der Waals surface area (Å²) in [5.41, 5.74) is 4.55. The van der Waals surface area contributed by atoms with Crippen LogP contribution >= 0.6 is 11.8 Å². The number of anilines is 1. The number of carbonyl (C=O) groups is 1. The average molecular weight is 429 g/mol. The van der Waals surface area contributed by atoms with Gasteiger partial charge in [-0.3, -0.25) is 14.7 Å². The van der Waals surface area contributed by atoms with E-state index in [-0.39, 0.29) is 5.91 Å². The maximum Gasteiger partial charge on any atom is 0.258 e. The molecule has 1 aromatic heterocycles. The number of pyridine rings is 1. The molecule has 0 spiro atoms. The van der Waals surface area contributed by atoms with Gasteiger partial charge < -0.3 is 4.90 Å². The van der Waals surface area contributed by atoms with Gasteiger partial charge in [0.15, 0.2) is 0 Å². The molecule has 0 atom stereocenters. The van der Waals surface area contributed by atoms with Crippen LogP contribution in [0.5, 0.6) is 0 Å². The van der Waals surface area contributed by atoms with Gasteiger partial charge in [0, 0.05) is 61.2 Å². The summed E-state index contributed by atoms with van der Waals surface area (Å²) in [5, 5.41) is 9.48. The average Bonchev–Trinajstić information content (AvgIpc) is 2.84. The van der Waals surface area contributed by atoms with Crippen LogP contribution in [0.4, 0.5) is 5.69 Å². The van der Waals surface area contributed by atoms with Crippen LogP contribution in [0.25, 0.3) is 11.3 Å². The first-order valence-electron chi connectivity index (χ1n) is 10.3. The minimum Gasteiger partial charge on any atom is -0.311 e. The van der Waals surface area contributed by atoms with Gasteiger partial charge in [-0.1, -0.05) is 18.2 Å². The second-order valence-corrected chi connectivity index (χ2v) is 8.73. The van der Waals surface area contributed by atoms with E-state index in [1.54, 1.807) is 30.3 Å². The molecule has 5 nitrogen and oxygen atoms in total. The van der Waals surface area contributed by atoms with E-state index in [0.29, 0.717) is 16.8 Å². The minimum absolute atomic E-state index is 0.0856. The van der Waals surface area contributed by atoms with Crippen molar-refractivity contribution < 1.29 is 4.79 Å². The fraction of sp³-hybridized carbons (Fsp3) is 0.240. The number of nitrogens with zero attached hydrogens (tertiary/aromatic N) is 4. The number of hydrogen-bond donors (Lipinski definition) is 0. The van der Waals surface area contributed by atoms with Crippen LogP contribution in [-0.4, -0.2) is 47.4 Å². The van der Waals surface area contributed by atoms with E-state index in [1.165, 1.54) is 17.1 Å². The quantitative estimate of drug-likeness (QED) is 0.601. The van der Waals surface area contributed by atoms with E-state index in [2.05, 4.69) is 16.0 Å². The highest BCUT2D eigenvalue weighted by Gasteiger charge is 2.17. The number of nitriles is 1. The van der Waals surface area contributed by atoms with Crippen molar-refractivity contribution in [2.45, 2.75) is 6.54 Å². The van der Waals surface area contributed by atoms with E-state index >= 15 is 0 Å². The van der Waals surface area contributed by atoms with E-state index in [4.69, 9.17) is 0 Å². The van der Waals surface area contributed by atoms with Crippen molar-refractivity contribution in [2.24, 2.45) is 0 Å². The number of carbonyl (C=O) groups excluding carboxylic acids is 1. The van der Waals surface area contributed by atoms with Gasteiger partial charge in [-0.05, 0) is 48.0 Å². The smallest absolute Gasteiger partial charge is 0.258 e. The molecule has 3 aromatic rings. The van der Waals surface area contributed by atoms with Crippen LogP contribution in [0.15, 0.2) is 66.9 Å². The summed E-state index contributed by atoms with van der Waals surface area (Å²) < 4.78 is 0. The minimum atomic E-state index is -0.0856. The summed E-state index contributed by atoms with van der Waals surface area (Å²) in [7, 11) is 1.76. The number of rotatable bonds is 5. The topological polar surface area (TPSA) is 60.2 Å². The van der Waals surface area contributed by atoms with Gasteiger partial charge in [-0.25, -0.2) is 0 Å². The van der Waals surface area contributed by atoms with Crippen molar-refractivity contribution in [3.63, 3.8) is 0 Å². The number of hydrogen-bond acceptors (Lipinski definition) is 5. The Balaban J connectivity index is 1.52. The SMILES string of the molecule is CN(C(=O)c1ccc(CN2CCSCC2)cc1)c1ccc(C#N)c(-c2ccccn2)c1. The highest BCUT2D eigenvalue weighted by Crippen LogP contribution is 2.27. The number of benzene rings is 2. The van der Waals surface area contributed by atoms with Crippen molar-refractivity contribution in [3.8, 4) is 17.3 Å². The number of amides is 1. The molecule has 31 heavy (non-hydrogen) atoms. The van der Waals surface area contributed by atoms with Gasteiger partial charge in [0.25, 0.3) is 5.91 Å². The van der Waals surface area contributed by atoms with Crippen LogP contribution < -0.4 is 4.90 Å². The Morgan fingerprint density at radius 2 is 1.90 bits per heavy atom. The second-order valence-electron chi connectivity index (χ2n) is 7.51. The van der Waals surface area contributed by atoms with Crippen LogP contribution in [0, 0.1) is 11.3 Å². The Bertz CT molecular complexity index is 1090. The molecule has 6 heteroatoms. The third kappa shape index (κ3) is 4.96. The van der Waals surface area contributed by atoms with Gasteiger partial charge in [-0.2, -0.15) is 17.0 Å². The lowest BCUT2D eigenvalue weighted by atomic mass is 10.0. The van der Waals surface area contributed by atoms with Gasteiger partial charge in [-0.15, -0.1) is 0 Å². The number of aromatic nitrogens is 1. The van der Waals surface area contributed by atoms with Gasteiger partial charge in [0.05, 0.1) is 17.3 Å². The van der Waals surface area contributed by atoms with Crippen molar-refractivity contribution in [2.75, 3.05) is 36.5 Å². The third-order valence-corrected chi connectivity index (χ3v) is 6.41. The highest BCUT2D eigenvalue weighted by atomic mass is 32.2. The van der Waals surface area contributed by atoms with E-state index in [1.807, 2.05) is 60.3 Å². The molecular weight excluding hydrogens is 404 g/mol. The van der Waals surface area contributed by atoms with E-state index in [9.17, 15) is 10.1 Å². The molecule has 0 unspecified atom stereocenters. The Labute approximate surface area is 187 Å². The molecule has 0 N–H and O–H groups in total. The fourth-order valence-electron chi connectivity index (χ4n) is 3.65. The molecule has 1 fully saturated rings. The molecule has 0 aliphatic carbocycles. The summed E-state index contributed by atoms with van der Waals surface area (Å²) in [6.07, 6.45) is 1.70. The van der Waals surface area contributed by atoms with Crippen LogP contribution in [0.3, 0.4) is 0 Å².